The van der Waals surface area contributed by atoms with E-state index in [4.69, 9.17) is 4.18 Å². The minimum atomic E-state index is -3.71. The van der Waals surface area contributed by atoms with Gasteiger partial charge >= 0.3 is 0 Å². The van der Waals surface area contributed by atoms with E-state index in [-0.39, 0.29) is 17.4 Å². The average molecular weight is 435 g/mol. The first-order valence-corrected chi connectivity index (χ1v) is 14.2. The van der Waals surface area contributed by atoms with E-state index >= 15 is 0 Å². The second-order valence-electron chi connectivity index (χ2n) is 8.74. The lowest BCUT2D eigenvalue weighted by Gasteiger charge is -2.38. The predicted octanol–water partition coefficient (Wildman–Crippen LogP) is 6.50. The smallest absolute Gasteiger partial charge is 0.266 e. The Morgan fingerprint density at radius 3 is 2.00 bits per heavy atom. The van der Waals surface area contributed by atoms with Crippen LogP contribution in [0.15, 0.2) is 41.8 Å². The Bertz CT molecular complexity index is 790. The van der Waals surface area contributed by atoms with Crippen LogP contribution < -0.4 is 0 Å². The van der Waals surface area contributed by atoms with Crippen molar-refractivity contribution in [3.63, 3.8) is 0 Å². The van der Waals surface area contributed by atoms with E-state index in [1.807, 2.05) is 13.0 Å². The summed E-state index contributed by atoms with van der Waals surface area (Å²) < 4.78 is 29.8. The highest BCUT2D eigenvalue weighted by Gasteiger charge is 2.41. The molecule has 0 aromatic heterocycles. The Morgan fingerprint density at radius 1 is 1.03 bits per heavy atom. The van der Waals surface area contributed by atoms with Gasteiger partial charge in [0.25, 0.3) is 10.1 Å². The van der Waals surface area contributed by atoms with Gasteiger partial charge in [-0.1, -0.05) is 65.3 Å². The van der Waals surface area contributed by atoms with Crippen LogP contribution in [-0.4, -0.2) is 23.1 Å². The number of rotatable bonds is 10. The van der Waals surface area contributed by atoms with Gasteiger partial charge in [0.15, 0.2) is 0 Å². The summed E-state index contributed by atoms with van der Waals surface area (Å²) in [4.78, 5) is 0.199. The maximum absolute atomic E-state index is 12.3. The number of hydrogen-bond acceptors (Lipinski definition) is 3. The highest BCUT2D eigenvalue weighted by atomic mass is 32.2. The minimum Gasteiger partial charge on any atom is -0.266 e. The summed E-state index contributed by atoms with van der Waals surface area (Å²) in [5, 5.41) is 0. The van der Waals surface area contributed by atoms with Crippen LogP contribution in [0.4, 0.5) is 0 Å². The largest absolute Gasteiger partial charge is 0.296 e. The van der Waals surface area contributed by atoms with Crippen LogP contribution >= 0.6 is 0 Å². The number of hydrogen-bond donors (Lipinski definition) is 0. The third-order valence-corrected chi connectivity index (χ3v) is 13.5. The molecule has 1 atom stereocenters. The van der Waals surface area contributed by atoms with Gasteiger partial charge in [-0.3, -0.25) is 4.18 Å². The van der Waals surface area contributed by atoms with Crippen LogP contribution in [0.1, 0.15) is 59.9 Å². The third kappa shape index (κ3) is 6.84. The van der Waals surface area contributed by atoms with Gasteiger partial charge in [-0.15, -0.1) is 18.0 Å². The zero-order chi connectivity index (χ0) is 22.2. The van der Waals surface area contributed by atoms with Crippen LogP contribution in [0.3, 0.4) is 0 Å². The van der Waals surface area contributed by atoms with Crippen molar-refractivity contribution in [2.75, 3.05) is 6.61 Å². The highest BCUT2D eigenvalue weighted by Crippen LogP contribution is 2.40. The predicted molar refractivity (Wildman–Crippen MR) is 126 cm³/mol. The monoisotopic (exact) mass is 434 g/mol. The topological polar surface area (TPSA) is 43.4 Å². The van der Waals surface area contributed by atoms with Gasteiger partial charge in [-0.2, -0.15) is 8.42 Å². The molecular formula is C24H38O3SSi. The van der Waals surface area contributed by atoms with Crippen LogP contribution in [0.25, 0.3) is 0 Å². The molecule has 0 unspecified atom stereocenters. The zero-order valence-electron chi connectivity index (χ0n) is 19.2. The Hall–Kier alpha value is -1.35. The van der Waals surface area contributed by atoms with Gasteiger partial charge in [0, 0.05) is 5.92 Å². The van der Waals surface area contributed by atoms with Crippen LogP contribution in [0.5, 0.6) is 0 Å². The molecule has 0 bridgehead atoms. The van der Waals surface area contributed by atoms with Gasteiger partial charge < -0.3 is 0 Å². The van der Waals surface area contributed by atoms with Crippen molar-refractivity contribution in [2.24, 2.45) is 5.92 Å². The fourth-order valence-electron chi connectivity index (χ4n) is 4.14. The molecule has 0 saturated carbocycles. The molecule has 0 spiro atoms. The maximum Gasteiger partial charge on any atom is 0.296 e. The van der Waals surface area contributed by atoms with Crippen molar-refractivity contribution >= 4 is 18.2 Å². The summed E-state index contributed by atoms with van der Waals surface area (Å²) in [6.45, 7) is 19.8. The third-order valence-electron chi connectivity index (χ3n) is 5.83. The Morgan fingerprint density at radius 2 is 1.55 bits per heavy atom. The van der Waals surface area contributed by atoms with Crippen molar-refractivity contribution in [3.05, 3.63) is 42.5 Å². The summed E-state index contributed by atoms with van der Waals surface area (Å²) >= 11 is 0. The van der Waals surface area contributed by atoms with E-state index in [0.29, 0.717) is 23.0 Å². The molecule has 0 fully saturated rings. The van der Waals surface area contributed by atoms with Gasteiger partial charge in [-0.05, 0) is 48.5 Å². The fourth-order valence-corrected chi connectivity index (χ4v) is 10.4. The summed E-state index contributed by atoms with van der Waals surface area (Å²) in [5.74, 6) is 3.54. The van der Waals surface area contributed by atoms with Crippen molar-refractivity contribution in [3.8, 4) is 11.5 Å². The standard InChI is InChI=1S/C24H38O3SSi/c1-9-23(16-18-29(19(2)3,20(4)5)21(6)7)11-10-17-27-28(25,26)24-14-12-22(8)13-15-24/h9,12-15,19-21,23H,1,10-11,17H2,2-8H3/t23-/m1/s1. The Labute approximate surface area is 180 Å². The highest BCUT2D eigenvalue weighted by molar-refractivity contribution is 7.86. The summed E-state index contributed by atoms with van der Waals surface area (Å²) in [6, 6.07) is 6.70. The fraction of sp³-hybridized carbons (Fsp3) is 0.583. The van der Waals surface area contributed by atoms with E-state index in [2.05, 4.69) is 59.6 Å². The lowest BCUT2D eigenvalue weighted by molar-refractivity contribution is 0.305. The molecule has 0 heterocycles. The molecule has 3 nitrogen and oxygen atoms in total. The quantitative estimate of drug-likeness (QED) is 0.139. The molecule has 1 aromatic carbocycles. The molecular weight excluding hydrogens is 396 g/mol. The summed E-state index contributed by atoms with van der Waals surface area (Å²) in [6.07, 6.45) is 3.25. The Kier molecular flexibility index (Phi) is 9.88. The molecule has 0 aliphatic rings. The second-order valence-corrected chi connectivity index (χ2v) is 15.9. The molecule has 1 rings (SSSR count). The number of aryl methyl sites for hydroxylation is 1. The van der Waals surface area contributed by atoms with Crippen LogP contribution in [-0.2, 0) is 14.3 Å². The van der Waals surface area contributed by atoms with E-state index in [1.54, 1.807) is 24.3 Å². The van der Waals surface area contributed by atoms with E-state index in [1.165, 1.54) is 0 Å². The molecule has 29 heavy (non-hydrogen) atoms. The minimum absolute atomic E-state index is 0.0591. The molecule has 0 N–H and O–H groups in total. The lowest BCUT2D eigenvalue weighted by Crippen LogP contribution is -2.43. The molecule has 1 aromatic rings. The van der Waals surface area contributed by atoms with Crippen molar-refractivity contribution in [1.29, 1.82) is 0 Å². The first kappa shape index (κ1) is 25.7. The van der Waals surface area contributed by atoms with E-state index < -0.39 is 18.2 Å². The van der Waals surface area contributed by atoms with Crippen LogP contribution in [0, 0.1) is 24.3 Å². The molecule has 0 aliphatic carbocycles. The summed E-state index contributed by atoms with van der Waals surface area (Å²) in [7, 11) is -5.47. The van der Waals surface area contributed by atoms with Gasteiger partial charge in [0.2, 0.25) is 0 Å². The van der Waals surface area contributed by atoms with Gasteiger partial charge in [-0.25, -0.2) is 0 Å². The maximum atomic E-state index is 12.3. The first-order valence-electron chi connectivity index (χ1n) is 10.6. The number of benzene rings is 1. The molecule has 5 heteroatoms. The van der Waals surface area contributed by atoms with E-state index in [0.717, 1.165) is 12.0 Å². The van der Waals surface area contributed by atoms with Gasteiger partial charge in [0.1, 0.15) is 8.07 Å². The molecule has 0 amide bonds. The zero-order valence-corrected chi connectivity index (χ0v) is 21.0. The van der Waals surface area contributed by atoms with Crippen molar-refractivity contribution < 1.29 is 12.6 Å². The second kappa shape index (κ2) is 11.2. The van der Waals surface area contributed by atoms with Crippen molar-refractivity contribution in [1.82, 2.24) is 0 Å². The molecule has 0 aliphatic heterocycles. The first-order chi connectivity index (χ1) is 13.5. The van der Waals surface area contributed by atoms with E-state index in [9.17, 15) is 8.42 Å². The van der Waals surface area contributed by atoms with Crippen LogP contribution in [0.2, 0.25) is 16.6 Å². The van der Waals surface area contributed by atoms with Gasteiger partial charge in [0.05, 0.1) is 11.5 Å². The average Bonchev–Trinajstić information content (AvgIpc) is 2.63. The molecule has 0 radical (unpaired) electrons. The number of allylic oxidation sites excluding steroid dienone is 1. The SMILES string of the molecule is C=C[C@@H](C#C[Si](C(C)C)(C(C)C)C(C)C)CCCOS(=O)(=O)c1ccc(C)cc1. The normalized spacial score (nSPS) is 13.4. The van der Waals surface area contributed by atoms with Crippen molar-refractivity contribution in [2.45, 2.75) is 82.8 Å². The molecule has 162 valence electrons. The summed E-state index contributed by atoms with van der Waals surface area (Å²) in [5.41, 5.74) is 6.50. The molecule has 0 saturated heterocycles. The Balaban J connectivity index is 2.75. The lowest BCUT2D eigenvalue weighted by atomic mass is 10.1.